The number of hydrogen-bond acceptors (Lipinski definition) is 11. The van der Waals surface area contributed by atoms with Gasteiger partial charge in [-0.25, -0.2) is 4.79 Å². The van der Waals surface area contributed by atoms with E-state index in [0.717, 1.165) is 50.8 Å². The van der Waals surface area contributed by atoms with Crippen molar-refractivity contribution in [2.24, 2.45) is 11.8 Å². The smallest absolute Gasteiger partial charge is 0.411 e. The summed E-state index contributed by atoms with van der Waals surface area (Å²) < 4.78 is 7.25. The maximum absolute atomic E-state index is 13.6. The summed E-state index contributed by atoms with van der Waals surface area (Å²) in [6, 6.07) is 15.4. The number of piperidine rings is 3. The average molecular weight is 876 g/mol. The minimum Gasteiger partial charge on any atom is -0.508 e. The first-order valence-electron chi connectivity index (χ1n) is 22.4. The third-order valence-electron chi connectivity index (χ3n) is 13.0. The van der Waals surface area contributed by atoms with Gasteiger partial charge in [0.15, 0.2) is 5.82 Å². The molecule has 0 saturated carbocycles. The summed E-state index contributed by atoms with van der Waals surface area (Å²) in [4.78, 5) is 71.2. The first kappa shape index (κ1) is 44.1. The molecule has 3 fully saturated rings. The molecule has 4 aliphatic heterocycles. The molecule has 0 spiro atoms. The molecular weight excluding hydrogens is 819 g/mol. The number of phenolic OH excluding ortho intramolecular Hbond substituents is 2. The fraction of sp³-hybridized carbons (Fsp3) is 0.468. The van der Waals surface area contributed by atoms with Gasteiger partial charge in [-0.15, -0.1) is 10.2 Å². The number of benzene rings is 3. The van der Waals surface area contributed by atoms with Crippen molar-refractivity contribution in [3.05, 3.63) is 82.7 Å². The third kappa shape index (κ3) is 9.25. The van der Waals surface area contributed by atoms with Crippen LogP contribution >= 0.6 is 0 Å². The van der Waals surface area contributed by atoms with E-state index in [9.17, 15) is 34.2 Å². The molecule has 17 heteroatoms. The normalized spacial score (nSPS) is 18.5. The molecule has 4 aliphatic rings. The van der Waals surface area contributed by atoms with Crippen LogP contribution in [0.15, 0.2) is 54.6 Å². The SMILES string of the molecule is CCNC(=O)c1nnc(-c2cc(C(C)C)c(O)cc2O)n1-c1ccc(CN2CCC(C(=O)N3CCC(COC(=O)Nc4cccc5c4CN(C4CCCNC4=O)C5=O)CC3)CC2)cc1. The predicted octanol–water partition coefficient (Wildman–Crippen LogP) is 5.15. The van der Waals surface area contributed by atoms with Gasteiger partial charge in [-0.2, -0.15) is 0 Å². The van der Waals surface area contributed by atoms with Crippen molar-refractivity contribution in [3.8, 4) is 28.6 Å². The molecule has 17 nitrogen and oxygen atoms in total. The van der Waals surface area contributed by atoms with Crippen molar-refractivity contribution in [3.63, 3.8) is 0 Å². The highest BCUT2D eigenvalue weighted by Gasteiger charge is 2.39. The Morgan fingerprint density at radius 1 is 0.906 bits per heavy atom. The monoisotopic (exact) mass is 875 g/mol. The number of amides is 5. The molecule has 5 N–H and O–H groups in total. The van der Waals surface area contributed by atoms with Crippen molar-refractivity contribution in [1.82, 2.24) is 40.1 Å². The molecule has 3 aromatic carbocycles. The van der Waals surface area contributed by atoms with Crippen molar-refractivity contribution in [1.29, 1.82) is 0 Å². The van der Waals surface area contributed by atoms with Crippen molar-refractivity contribution in [2.45, 2.75) is 84.3 Å². The van der Waals surface area contributed by atoms with Crippen LogP contribution in [-0.2, 0) is 27.4 Å². The van der Waals surface area contributed by atoms with Gasteiger partial charge in [0.2, 0.25) is 17.6 Å². The second kappa shape index (κ2) is 19.1. The molecule has 3 saturated heterocycles. The van der Waals surface area contributed by atoms with Crippen LogP contribution in [0.25, 0.3) is 17.1 Å². The van der Waals surface area contributed by atoms with Crippen molar-refractivity contribution < 1.29 is 38.9 Å². The Morgan fingerprint density at radius 3 is 2.36 bits per heavy atom. The fourth-order valence-corrected chi connectivity index (χ4v) is 9.37. The Hall–Kier alpha value is -6.49. The Kier molecular flexibility index (Phi) is 13.2. The van der Waals surface area contributed by atoms with Gasteiger partial charge in [-0.05, 0) is 112 Å². The third-order valence-corrected chi connectivity index (χ3v) is 13.0. The van der Waals surface area contributed by atoms with Gasteiger partial charge >= 0.3 is 6.09 Å². The number of likely N-dealkylation sites (tertiary alicyclic amines) is 2. The number of hydrogen-bond donors (Lipinski definition) is 5. The van der Waals surface area contributed by atoms with Crippen molar-refractivity contribution >= 4 is 35.4 Å². The quantitative estimate of drug-likeness (QED) is 0.126. The molecule has 1 aromatic heterocycles. The first-order valence-corrected chi connectivity index (χ1v) is 22.4. The first-order chi connectivity index (χ1) is 30.9. The van der Waals surface area contributed by atoms with Crippen LogP contribution in [0.1, 0.15) is 103 Å². The zero-order valence-corrected chi connectivity index (χ0v) is 36.6. The number of anilines is 1. The second-order valence-corrected chi connectivity index (χ2v) is 17.5. The maximum atomic E-state index is 13.6. The lowest BCUT2D eigenvalue weighted by molar-refractivity contribution is -0.138. The molecule has 338 valence electrons. The highest BCUT2D eigenvalue weighted by atomic mass is 16.5. The molecule has 0 bridgehead atoms. The molecule has 5 heterocycles. The molecule has 4 aromatic rings. The number of nitrogens with one attached hydrogen (secondary N) is 3. The Balaban J connectivity index is 0.803. The van der Waals surface area contributed by atoms with Gasteiger partial charge in [0.05, 0.1) is 12.2 Å². The van der Waals surface area contributed by atoms with E-state index in [1.807, 2.05) is 49.9 Å². The molecule has 0 radical (unpaired) electrons. The van der Waals surface area contributed by atoms with Gasteiger partial charge in [-0.1, -0.05) is 32.0 Å². The number of ether oxygens (including phenoxy) is 1. The van der Waals surface area contributed by atoms with Crippen molar-refractivity contribution in [2.75, 3.05) is 51.2 Å². The fourth-order valence-electron chi connectivity index (χ4n) is 9.37. The molecule has 1 atom stereocenters. The average Bonchev–Trinajstić information content (AvgIpc) is 3.88. The molecule has 5 amide bonds. The Labute approximate surface area is 372 Å². The second-order valence-electron chi connectivity index (χ2n) is 17.5. The highest BCUT2D eigenvalue weighted by molar-refractivity contribution is 6.03. The summed E-state index contributed by atoms with van der Waals surface area (Å²) in [5, 5.41) is 38.3. The van der Waals surface area contributed by atoms with Crippen LogP contribution in [0.3, 0.4) is 0 Å². The molecule has 64 heavy (non-hydrogen) atoms. The minimum absolute atomic E-state index is 0.0220. The summed E-state index contributed by atoms with van der Waals surface area (Å²) in [6.07, 6.45) is 3.80. The van der Waals surface area contributed by atoms with Crippen LogP contribution in [-0.4, -0.2) is 121 Å². The van der Waals surface area contributed by atoms with Crippen LogP contribution in [0.4, 0.5) is 10.5 Å². The minimum atomic E-state index is -0.599. The summed E-state index contributed by atoms with van der Waals surface area (Å²) in [6.45, 7) is 10.6. The molecule has 8 rings (SSSR count). The number of rotatable bonds is 12. The summed E-state index contributed by atoms with van der Waals surface area (Å²) >= 11 is 0. The Morgan fingerprint density at radius 2 is 1.66 bits per heavy atom. The largest absolute Gasteiger partial charge is 0.508 e. The van der Waals surface area contributed by atoms with E-state index in [-0.39, 0.29) is 71.8 Å². The number of aromatic nitrogens is 3. The zero-order valence-electron chi connectivity index (χ0n) is 36.6. The van der Waals surface area contributed by atoms with E-state index >= 15 is 0 Å². The van der Waals surface area contributed by atoms with Gasteiger partial charge in [0.25, 0.3) is 11.8 Å². The lowest BCUT2D eigenvalue weighted by Gasteiger charge is -2.37. The number of aromatic hydroxyl groups is 2. The lowest BCUT2D eigenvalue weighted by Crippen LogP contribution is -2.50. The number of phenols is 2. The predicted molar refractivity (Wildman–Crippen MR) is 237 cm³/mol. The Bertz CT molecular complexity index is 2400. The van der Waals surface area contributed by atoms with Crippen LogP contribution in [0.5, 0.6) is 11.5 Å². The lowest BCUT2D eigenvalue weighted by atomic mass is 9.92. The standard InChI is InChI=1S/C47H57N9O8/c1-4-48-44(60)42-52-51-41(35-23-34(28(2)3)39(57)24-40(35)58)56(42)32-12-10-29(11-13-32)25-53-19-16-31(17-20-53)45(61)54-21-14-30(15-22-54)27-64-47(63)50-37-8-5-7-33-36(37)26-55(46(33)62)38-9-6-18-49-43(38)59/h5,7-8,10-13,23-24,28,30-31,38,57-58H,4,6,9,14-22,25-27H2,1-3H3,(H,48,60)(H,49,59)(H,50,63). The summed E-state index contributed by atoms with van der Waals surface area (Å²) in [5.41, 5.74) is 4.34. The number of carbonyl (C=O) groups is 5. The van der Waals surface area contributed by atoms with Gasteiger partial charge < -0.3 is 35.4 Å². The number of carbonyl (C=O) groups excluding carboxylic acids is 5. The van der Waals surface area contributed by atoms with E-state index in [2.05, 4.69) is 31.0 Å². The van der Waals surface area contributed by atoms with Crippen LogP contribution < -0.4 is 16.0 Å². The van der Waals surface area contributed by atoms with E-state index < -0.39 is 18.0 Å². The highest BCUT2D eigenvalue weighted by Crippen LogP contribution is 2.39. The number of nitrogens with zero attached hydrogens (tertiary/aromatic N) is 6. The number of fused-ring (bicyclic) bond motifs is 1. The van der Waals surface area contributed by atoms with Gasteiger partial charge in [0, 0.05) is 73.8 Å². The zero-order chi connectivity index (χ0) is 45.1. The van der Waals surface area contributed by atoms with E-state index in [1.165, 1.54) is 6.07 Å². The topological polar surface area (TPSA) is 212 Å². The van der Waals surface area contributed by atoms with E-state index in [1.54, 1.807) is 33.7 Å². The summed E-state index contributed by atoms with van der Waals surface area (Å²) in [5.74, 6) is -0.393. The summed E-state index contributed by atoms with van der Waals surface area (Å²) in [7, 11) is 0. The molecule has 1 unspecified atom stereocenters. The van der Waals surface area contributed by atoms with Crippen LogP contribution in [0.2, 0.25) is 0 Å². The molecule has 0 aliphatic carbocycles. The van der Waals surface area contributed by atoms with Gasteiger partial charge in [-0.3, -0.25) is 34.0 Å². The molecular formula is C47H57N9O8. The van der Waals surface area contributed by atoms with Crippen LogP contribution in [0, 0.1) is 11.8 Å². The van der Waals surface area contributed by atoms with Gasteiger partial charge in [0.1, 0.15) is 17.5 Å². The van der Waals surface area contributed by atoms with E-state index in [4.69, 9.17) is 4.74 Å². The van der Waals surface area contributed by atoms with E-state index in [0.29, 0.717) is 72.8 Å². The maximum Gasteiger partial charge on any atom is 0.411 e.